The molecular weight excluding hydrogens is 465 g/mol. The first-order chi connectivity index (χ1) is 16.3. The van der Waals surface area contributed by atoms with Gasteiger partial charge in [0.1, 0.15) is 5.76 Å². The number of aromatic nitrogens is 1. The number of nitrogens with zero attached hydrogens (tertiary/aromatic N) is 1. The summed E-state index contributed by atoms with van der Waals surface area (Å²) in [4.78, 5) is 16.9. The summed E-state index contributed by atoms with van der Waals surface area (Å²) in [5, 5.41) is 3.16. The van der Waals surface area contributed by atoms with Crippen molar-refractivity contribution in [3.8, 4) is 0 Å². The highest BCUT2D eigenvalue weighted by atomic mass is 35.5. The fourth-order valence-electron chi connectivity index (χ4n) is 6.46. The van der Waals surface area contributed by atoms with Gasteiger partial charge in [-0.1, -0.05) is 44.2 Å². The van der Waals surface area contributed by atoms with Gasteiger partial charge in [0.25, 0.3) is 0 Å². The molecule has 4 aliphatic rings. The lowest BCUT2D eigenvalue weighted by molar-refractivity contribution is -0.199. The minimum Gasteiger partial charge on any atom is -0.448 e. The molecule has 190 valence electrons. The highest BCUT2D eigenvalue weighted by molar-refractivity contribution is 6.47. The second-order valence-electron chi connectivity index (χ2n) is 11.1. The molecule has 4 fully saturated rings. The van der Waals surface area contributed by atoms with E-state index in [1.807, 2.05) is 6.07 Å². The molecule has 2 bridgehead atoms. The Balaban J connectivity index is 0.00000289. The van der Waals surface area contributed by atoms with E-state index in [1.165, 1.54) is 18.4 Å². The van der Waals surface area contributed by atoms with Gasteiger partial charge in [0.2, 0.25) is 5.91 Å². The number of amides is 1. The number of rotatable bonds is 9. The number of nitrogens with two attached hydrogens (primary N) is 1. The van der Waals surface area contributed by atoms with Gasteiger partial charge in [0, 0.05) is 6.42 Å². The van der Waals surface area contributed by atoms with Crippen LogP contribution < -0.4 is 11.1 Å². The summed E-state index contributed by atoms with van der Waals surface area (Å²) in [5.74, 6) is 1.26. The maximum atomic E-state index is 13.0. The molecule has 3 N–H and O–H groups in total. The van der Waals surface area contributed by atoms with Crippen molar-refractivity contribution < 1.29 is 18.5 Å². The third kappa shape index (κ3) is 5.03. The molecule has 7 nitrogen and oxygen atoms in total. The molecule has 0 radical (unpaired) electrons. The standard InChI is InChI=1S/C26H36BN3O4.ClH/c1-25(2)18-12-21(25)26(3)22(13-18)33-27(34-26)23(11-7-10-17-8-5-4-6-9-17)30-24(31)20(28)14-19-15-29-16-32-19;/h4-6,8-9,15-16,18,20-23H,7,10-14,28H2,1-3H3,(H,30,31);1H/t18-,20?,21-,22+,23-,26-;/m0./s1. The number of carbonyl (C=O) groups excluding carboxylic acids is 1. The summed E-state index contributed by atoms with van der Waals surface area (Å²) in [5.41, 5.74) is 7.44. The molecule has 2 aromatic rings. The number of hydrogen-bond donors (Lipinski definition) is 2. The fourth-order valence-corrected chi connectivity index (χ4v) is 6.46. The molecule has 3 saturated carbocycles. The van der Waals surface area contributed by atoms with Crippen LogP contribution in [0.3, 0.4) is 0 Å². The van der Waals surface area contributed by atoms with E-state index in [2.05, 4.69) is 55.3 Å². The first kappa shape index (κ1) is 26.2. The van der Waals surface area contributed by atoms with Crippen LogP contribution in [-0.4, -0.2) is 41.7 Å². The molecule has 0 spiro atoms. The molecular formula is C26H37BClN3O4. The van der Waals surface area contributed by atoms with E-state index in [-0.39, 0.29) is 41.4 Å². The van der Waals surface area contributed by atoms with Gasteiger partial charge in [-0.2, -0.15) is 0 Å². The molecule has 6 rings (SSSR count). The molecule has 3 aliphatic carbocycles. The van der Waals surface area contributed by atoms with Crippen LogP contribution in [-0.2, 0) is 26.9 Å². The van der Waals surface area contributed by atoms with Crippen LogP contribution in [0, 0.1) is 17.3 Å². The van der Waals surface area contributed by atoms with Gasteiger partial charge in [0.15, 0.2) is 6.39 Å². The number of halogens is 1. The lowest BCUT2D eigenvalue weighted by atomic mass is 9.43. The van der Waals surface area contributed by atoms with Crippen LogP contribution in [0.4, 0.5) is 0 Å². The Labute approximate surface area is 214 Å². The average Bonchev–Trinajstić information content (AvgIpc) is 3.45. The van der Waals surface area contributed by atoms with Gasteiger partial charge in [-0.15, -0.1) is 12.4 Å². The van der Waals surface area contributed by atoms with Crippen molar-refractivity contribution in [3.63, 3.8) is 0 Å². The third-order valence-electron chi connectivity index (χ3n) is 8.69. The van der Waals surface area contributed by atoms with Gasteiger partial charge in [0.05, 0.1) is 29.9 Å². The van der Waals surface area contributed by atoms with Gasteiger partial charge >= 0.3 is 7.12 Å². The number of hydrogen-bond acceptors (Lipinski definition) is 6. The third-order valence-corrected chi connectivity index (χ3v) is 8.69. The molecule has 1 aliphatic heterocycles. The minimum absolute atomic E-state index is 0. The topological polar surface area (TPSA) is 99.6 Å². The van der Waals surface area contributed by atoms with Crippen LogP contribution in [0.2, 0.25) is 0 Å². The number of nitrogens with one attached hydrogen (secondary N) is 1. The first-order valence-corrected chi connectivity index (χ1v) is 12.6. The van der Waals surface area contributed by atoms with Crippen molar-refractivity contribution in [2.24, 2.45) is 23.0 Å². The van der Waals surface area contributed by atoms with Gasteiger partial charge in [-0.3, -0.25) is 4.79 Å². The zero-order valence-electron chi connectivity index (χ0n) is 20.8. The van der Waals surface area contributed by atoms with Crippen molar-refractivity contribution in [3.05, 3.63) is 54.2 Å². The summed E-state index contributed by atoms with van der Waals surface area (Å²) in [7, 11) is -0.470. The fraction of sp³-hybridized carbons (Fsp3) is 0.615. The van der Waals surface area contributed by atoms with Crippen LogP contribution in [0.5, 0.6) is 0 Å². The zero-order valence-corrected chi connectivity index (χ0v) is 21.6. The molecule has 2 heterocycles. The van der Waals surface area contributed by atoms with Crippen molar-refractivity contribution in [2.75, 3.05) is 0 Å². The summed E-state index contributed by atoms with van der Waals surface area (Å²) >= 11 is 0. The van der Waals surface area contributed by atoms with E-state index >= 15 is 0 Å². The lowest BCUT2D eigenvalue weighted by Gasteiger charge is -2.64. The molecule has 1 unspecified atom stereocenters. The van der Waals surface area contributed by atoms with Gasteiger partial charge < -0.3 is 24.8 Å². The summed E-state index contributed by atoms with van der Waals surface area (Å²) < 4.78 is 18.5. The van der Waals surface area contributed by atoms with Gasteiger partial charge in [-0.05, 0) is 61.8 Å². The molecule has 1 amide bonds. The molecule has 1 aromatic heterocycles. The van der Waals surface area contributed by atoms with Crippen LogP contribution >= 0.6 is 12.4 Å². The number of oxazole rings is 1. The predicted octanol–water partition coefficient (Wildman–Crippen LogP) is 3.74. The minimum atomic E-state index is -0.726. The summed E-state index contributed by atoms with van der Waals surface area (Å²) in [6.45, 7) is 6.91. The summed E-state index contributed by atoms with van der Waals surface area (Å²) in [6.07, 6.45) is 8.13. The normalized spacial score (nSPS) is 29.9. The Morgan fingerprint density at radius 3 is 2.71 bits per heavy atom. The molecule has 35 heavy (non-hydrogen) atoms. The predicted molar refractivity (Wildman–Crippen MR) is 137 cm³/mol. The van der Waals surface area contributed by atoms with E-state index in [0.29, 0.717) is 24.0 Å². The Bertz CT molecular complexity index is 992. The van der Waals surface area contributed by atoms with Gasteiger partial charge in [-0.25, -0.2) is 4.98 Å². The Morgan fingerprint density at radius 1 is 1.26 bits per heavy atom. The van der Waals surface area contributed by atoms with E-state index in [9.17, 15) is 4.79 Å². The Kier molecular flexibility index (Phi) is 7.67. The van der Waals surface area contributed by atoms with Crippen molar-refractivity contribution in [1.82, 2.24) is 10.3 Å². The van der Waals surface area contributed by atoms with E-state index in [1.54, 1.807) is 6.20 Å². The first-order valence-electron chi connectivity index (χ1n) is 12.6. The number of carbonyl (C=O) groups is 1. The second-order valence-corrected chi connectivity index (χ2v) is 11.1. The van der Waals surface area contributed by atoms with Crippen LogP contribution in [0.15, 0.2) is 47.3 Å². The maximum Gasteiger partial charge on any atom is 0.481 e. The Morgan fingerprint density at radius 2 is 2.03 bits per heavy atom. The number of aryl methyl sites for hydroxylation is 1. The van der Waals surface area contributed by atoms with E-state index in [0.717, 1.165) is 25.7 Å². The largest absolute Gasteiger partial charge is 0.481 e. The monoisotopic (exact) mass is 501 g/mol. The molecule has 1 saturated heterocycles. The van der Waals surface area contributed by atoms with Crippen molar-refractivity contribution in [1.29, 1.82) is 0 Å². The zero-order chi connectivity index (χ0) is 23.9. The quantitative estimate of drug-likeness (QED) is 0.508. The van der Waals surface area contributed by atoms with Crippen molar-refractivity contribution >= 4 is 25.4 Å². The maximum absolute atomic E-state index is 13.0. The average molecular weight is 502 g/mol. The summed E-state index contributed by atoms with van der Waals surface area (Å²) in [6, 6.07) is 9.68. The van der Waals surface area contributed by atoms with E-state index < -0.39 is 13.2 Å². The Hall–Kier alpha value is -1.87. The molecule has 1 aromatic carbocycles. The number of benzene rings is 1. The lowest BCUT2D eigenvalue weighted by Crippen LogP contribution is -2.65. The smallest absolute Gasteiger partial charge is 0.448 e. The van der Waals surface area contributed by atoms with E-state index in [4.69, 9.17) is 19.5 Å². The van der Waals surface area contributed by atoms with Crippen LogP contribution in [0.1, 0.15) is 57.8 Å². The highest BCUT2D eigenvalue weighted by Crippen LogP contribution is 2.65. The second kappa shape index (κ2) is 10.2. The molecule has 9 heteroatoms. The SMILES string of the molecule is CC1(C)[C@@H]2C[C@H]3OB([C@H](CCCc4ccccc4)NC(=O)C(N)Cc4cnco4)O[C@@]3(C)[C@H]1C2.Cl. The molecule has 6 atom stereocenters. The van der Waals surface area contributed by atoms with Crippen LogP contribution in [0.25, 0.3) is 0 Å². The highest BCUT2D eigenvalue weighted by Gasteiger charge is 2.68. The van der Waals surface area contributed by atoms with Crippen molar-refractivity contribution in [2.45, 2.75) is 83.0 Å².